The molecule has 3 aromatic carbocycles. The van der Waals surface area contributed by atoms with Crippen LogP contribution in [0.2, 0.25) is 0 Å². The monoisotopic (exact) mass is 462 g/mol. The fourth-order valence-electron chi connectivity index (χ4n) is 4.23. The lowest BCUT2D eigenvalue weighted by atomic mass is 9.81. The van der Waals surface area contributed by atoms with Gasteiger partial charge in [-0.15, -0.1) is 0 Å². The van der Waals surface area contributed by atoms with Gasteiger partial charge in [0, 0.05) is 17.2 Å². The summed E-state index contributed by atoms with van der Waals surface area (Å²) in [4.78, 5) is 0. The van der Waals surface area contributed by atoms with Crippen LogP contribution in [0.15, 0.2) is 42.5 Å². The van der Waals surface area contributed by atoms with Crippen molar-refractivity contribution >= 4 is 0 Å². The second kappa shape index (κ2) is 9.41. The number of alkyl halides is 2. The van der Waals surface area contributed by atoms with Gasteiger partial charge in [-0.25, -0.2) is 22.0 Å². The van der Waals surface area contributed by atoms with Gasteiger partial charge in [-0.2, -0.15) is 0 Å². The minimum Gasteiger partial charge on any atom is -0.494 e. The van der Waals surface area contributed by atoms with E-state index in [-0.39, 0.29) is 41.9 Å². The molecule has 0 aliphatic heterocycles. The van der Waals surface area contributed by atoms with E-state index in [0.717, 1.165) is 0 Å². The van der Waals surface area contributed by atoms with Crippen molar-refractivity contribution in [2.45, 2.75) is 39.0 Å². The smallest absolute Gasteiger partial charge is 0.171 e. The number of aryl methyl sites for hydroxylation is 2. The first-order valence-corrected chi connectivity index (χ1v) is 10.8. The minimum absolute atomic E-state index is 0.0815. The molecule has 0 fully saturated rings. The maximum atomic E-state index is 15.3. The van der Waals surface area contributed by atoms with Crippen LogP contribution in [0.3, 0.4) is 0 Å². The highest BCUT2D eigenvalue weighted by atomic mass is 19.2. The van der Waals surface area contributed by atoms with Gasteiger partial charge in [0.1, 0.15) is 17.4 Å². The van der Waals surface area contributed by atoms with E-state index in [1.807, 2.05) is 0 Å². The molecule has 2 nitrogen and oxygen atoms in total. The fraction of sp³-hybridized carbons (Fsp3) is 0.308. The highest BCUT2D eigenvalue weighted by Gasteiger charge is 2.39. The molecule has 0 bridgehead atoms. The minimum atomic E-state index is -2.37. The van der Waals surface area contributed by atoms with Crippen molar-refractivity contribution in [2.75, 3.05) is 13.2 Å². The third kappa shape index (κ3) is 4.16. The van der Waals surface area contributed by atoms with Gasteiger partial charge in [-0.05, 0) is 61.1 Å². The molecular weight excluding hydrogens is 439 g/mol. The van der Waals surface area contributed by atoms with Crippen molar-refractivity contribution in [3.8, 4) is 22.6 Å². The molecule has 2 atom stereocenters. The van der Waals surface area contributed by atoms with E-state index in [9.17, 15) is 13.2 Å². The molecule has 2 unspecified atom stereocenters. The molecule has 0 radical (unpaired) electrons. The van der Waals surface area contributed by atoms with Gasteiger partial charge in [-0.1, -0.05) is 24.3 Å². The summed E-state index contributed by atoms with van der Waals surface area (Å²) in [6.07, 6.45) is -4.51. The van der Waals surface area contributed by atoms with Crippen molar-refractivity contribution in [1.29, 1.82) is 0 Å². The summed E-state index contributed by atoms with van der Waals surface area (Å²) >= 11 is 0. The number of benzene rings is 3. The Morgan fingerprint density at radius 2 is 1.27 bits per heavy atom. The average molecular weight is 462 g/mol. The molecule has 7 heteroatoms. The lowest BCUT2D eigenvalue weighted by Gasteiger charge is -2.28. The van der Waals surface area contributed by atoms with Crippen LogP contribution in [0.5, 0.6) is 11.5 Å². The average Bonchev–Trinajstić information content (AvgIpc) is 2.79. The Labute approximate surface area is 189 Å². The van der Waals surface area contributed by atoms with E-state index in [4.69, 9.17) is 9.47 Å². The number of fused-ring (bicyclic) bond motifs is 3. The molecular formula is C26H23F5O2. The summed E-state index contributed by atoms with van der Waals surface area (Å²) in [6.45, 7) is 4.00. The summed E-state index contributed by atoms with van der Waals surface area (Å²) < 4.78 is 84.8. The van der Waals surface area contributed by atoms with Crippen molar-refractivity contribution in [3.05, 3.63) is 82.2 Å². The maximum absolute atomic E-state index is 15.3. The number of hydrogen-bond donors (Lipinski definition) is 0. The Bertz CT molecular complexity index is 1180. The molecule has 0 saturated heterocycles. The molecule has 0 N–H and O–H groups in total. The first-order valence-electron chi connectivity index (χ1n) is 10.8. The zero-order valence-corrected chi connectivity index (χ0v) is 18.2. The summed E-state index contributed by atoms with van der Waals surface area (Å²) in [7, 11) is 0. The second-order valence-corrected chi connectivity index (χ2v) is 7.76. The zero-order valence-electron chi connectivity index (χ0n) is 18.2. The maximum Gasteiger partial charge on any atom is 0.171 e. The molecule has 0 heterocycles. The van der Waals surface area contributed by atoms with Crippen molar-refractivity contribution in [1.82, 2.24) is 0 Å². The molecule has 1 aliphatic carbocycles. The van der Waals surface area contributed by atoms with Gasteiger partial charge in [0.15, 0.2) is 23.9 Å². The van der Waals surface area contributed by atoms with Crippen LogP contribution in [0.25, 0.3) is 11.1 Å². The van der Waals surface area contributed by atoms with Crippen LogP contribution < -0.4 is 9.47 Å². The highest BCUT2D eigenvalue weighted by Crippen LogP contribution is 2.51. The Morgan fingerprint density at radius 1 is 0.697 bits per heavy atom. The van der Waals surface area contributed by atoms with Crippen LogP contribution in [0.4, 0.5) is 22.0 Å². The van der Waals surface area contributed by atoms with E-state index in [1.165, 1.54) is 30.3 Å². The molecule has 0 amide bonds. The number of hydrogen-bond acceptors (Lipinski definition) is 2. The first-order chi connectivity index (χ1) is 15.9. The van der Waals surface area contributed by atoms with Crippen molar-refractivity contribution < 1.29 is 31.4 Å². The summed E-state index contributed by atoms with van der Waals surface area (Å²) in [6, 6.07) is 10.1. The molecule has 0 spiro atoms. The van der Waals surface area contributed by atoms with E-state index >= 15 is 8.78 Å². The Kier molecular flexibility index (Phi) is 6.58. The molecule has 3 aromatic rings. The number of rotatable bonds is 7. The van der Waals surface area contributed by atoms with Crippen LogP contribution in [0.1, 0.15) is 48.4 Å². The molecule has 0 aromatic heterocycles. The summed E-state index contributed by atoms with van der Waals surface area (Å²) in [5.74, 6) is -2.14. The third-order valence-corrected chi connectivity index (χ3v) is 5.80. The lowest BCUT2D eigenvalue weighted by molar-refractivity contribution is 0.159. The molecule has 1 aliphatic rings. The van der Waals surface area contributed by atoms with Gasteiger partial charge >= 0.3 is 0 Å². The molecule has 0 saturated carbocycles. The van der Waals surface area contributed by atoms with E-state index < -0.39 is 40.9 Å². The number of halogens is 5. The quantitative estimate of drug-likeness (QED) is 0.341. The van der Waals surface area contributed by atoms with Crippen molar-refractivity contribution in [2.24, 2.45) is 0 Å². The first kappa shape index (κ1) is 23.1. The SMILES string of the molecule is CCOc1ccc(CCc2ccc3c(c2F)C(F)C(F)c2c-3ccc(OCC)c2F)c(F)c1. The Morgan fingerprint density at radius 3 is 1.91 bits per heavy atom. The lowest BCUT2D eigenvalue weighted by Crippen LogP contribution is -2.17. The van der Waals surface area contributed by atoms with Gasteiger partial charge < -0.3 is 9.47 Å². The second-order valence-electron chi connectivity index (χ2n) is 7.76. The largest absolute Gasteiger partial charge is 0.494 e. The predicted octanol–water partition coefficient (Wildman–Crippen LogP) is 7.39. The van der Waals surface area contributed by atoms with Crippen molar-refractivity contribution in [3.63, 3.8) is 0 Å². The van der Waals surface area contributed by atoms with Crippen LogP contribution >= 0.6 is 0 Å². The van der Waals surface area contributed by atoms with Crippen LogP contribution in [-0.4, -0.2) is 13.2 Å². The molecule has 33 heavy (non-hydrogen) atoms. The van der Waals surface area contributed by atoms with Gasteiger partial charge in [-0.3, -0.25) is 0 Å². The normalized spacial score (nSPS) is 16.8. The standard InChI is InChI=1S/C26H23F5O2/c1-3-32-16-9-7-14(19(27)13-16)5-6-15-8-10-17-18-11-12-20(33-4-2)24(29)22(18)26(31)25(30)21(17)23(15)28/h7-13,25-26H,3-6H2,1-2H3. The molecule has 174 valence electrons. The third-order valence-electron chi connectivity index (χ3n) is 5.80. The summed E-state index contributed by atoms with van der Waals surface area (Å²) in [5.41, 5.74) is -0.233. The Balaban J connectivity index is 1.67. The topological polar surface area (TPSA) is 18.5 Å². The fourth-order valence-corrected chi connectivity index (χ4v) is 4.23. The predicted molar refractivity (Wildman–Crippen MR) is 116 cm³/mol. The van der Waals surface area contributed by atoms with E-state index in [1.54, 1.807) is 26.0 Å². The van der Waals surface area contributed by atoms with Gasteiger partial charge in [0.25, 0.3) is 0 Å². The zero-order chi connectivity index (χ0) is 23.7. The van der Waals surface area contributed by atoms with E-state index in [2.05, 4.69) is 0 Å². The number of ether oxygens (including phenoxy) is 2. The Hall–Kier alpha value is -3.09. The molecule has 4 rings (SSSR count). The summed E-state index contributed by atoms with van der Waals surface area (Å²) in [5, 5.41) is 0. The van der Waals surface area contributed by atoms with Crippen LogP contribution in [-0.2, 0) is 12.8 Å². The van der Waals surface area contributed by atoms with Gasteiger partial charge in [0.2, 0.25) is 0 Å². The van der Waals surface area contributed by atoms with E-state index in [0.29, 0.717) is 17.9 Å². The highest BCUT2D eigenvalue weighted by molar-refractivity contribution is 5.76. The van der Waals surface area contributed by atoms with Gasteiger partial charge in [0.05, 0.1) is 13.2 Å². The van der Waals surface area contributed by atoms with Crippen LogP contribution in [0, 0.1) is 17.5 Å².